The van der Waals surface area contributed by atoms with Gasteiger partial charge in [0.2, 0.25) is 5.91 Å². The molecule has 2 aromatic heterocycles. The van der Waals surface area contributed by atoms with E-state index in [1.165, 1.54) is 6.33 Å². The second-order valence-electron chi connectivity index (χ2n) is 4.99. The third kappa shape index (κ3) is 3.08. The minimum atomic E-state index is -0.494. The van der Waals surface area contributed by atoms with Crippen molar-refractivity contribution in [1.82, 2.24) is 25.6 Å². The van der Waals surface area contributed by atoms with Crippen LogP contribution in [0.3, 0.4) is 0 Å². The number of pyridine rings is 1. The first kappa shape index (κ1) is 14.1. The fraction of sp³-hybridized carbons (Fsp3) is 0.267. The van der Waals surface area contributed by atoms with Crippen LogP contribution in [0, 0.1) is 0 Å². The van der Waals surface area contributed by atoms with E-state index in [0.29, 0.717) is 18.7 Å². The molecule has 1 atom stereocenters. The molecule has 0 radical (unpaired) electrons. The predicted octanol–water partition coefficient (Wildman–Crippen LogP) is 0.547. The van der Waals surface area contributed by atoms with Gasteiger partial charge < -0.3 is 10.6 Å². The van der Waals surface area contributed by atoms with Gasteiger partial charge in [0.1, 0.15) is 18.1 Å². The molecule has 0 saturated carbocycles. The fourth-order valence-corrected chi connectivity index (χ4v) is 2.30. The molecular weight excluding hydrogens is 282 g/mol. The van der Waals surface area contributed by atoms with Gasteiger partial charge in [0, 0.05) is 24.5 Å². The van der Waals surface area contributed by atoms with Crippen LogP contribution >= 0.6 is 0 Å². The lowest BCUT2D eigenvalue weighted by molar-refractivity contribution is -0.124. The average Bonchev–Trinajstić information content (AvgIpc) is 2.58. The summed E-state index contributed by atoms with van der Waals surface area (Å²) < 4.78 is 0. The number of piperidine rings is 1. The van der Waals surface area contributed by atoms with Crippen molar-refractivity contribution in [2.24, 2.45) is 0 Å². The van der Waals surface area contributed by atoms with Crippen molar-refractivity contribution in [1.29, 1.82) is 0 Å². The van der Waals surface area contributed by atoms with E-state index < -0.39 is 6.04 Å². The van der Waals surface area contributed by atoms with Gasteiger partial charge in [-0.25, -0.2) is 15.0 Å². The molecule has 2 amide bonds. The van der Waals surface area contributed by atoms with Gasteiger partial charge in [-0.2, -0.15) is 0 Å². The van der Waals surface area contributed by atoms with Gasteiger partial charge in [0.25, 0.3) is 5.91 Å². The highest BCUT2D eigenvalue weighted by atomic mass is 16.2. The summed E-state index contributed by atoms with van der Waals surface area (Å²) in [6, 6.07) is 4.64. The Kier molecular flexibility index (Phi) is 4.04. The maximum absolute atomic E-state index is 12.3. The van der Waals surface area contributed by atoms with Crippen LogP contribution in [0.5, 0.6) is 0 Å². The Hall–Kier alpha value is -2.83. The van der Waals surface area contributed by atoms with Crippen LogP contribution in [0.4, 0.5) is 0 Å². The smallest absolute Gasteiger partial charge is 0.270 e. The monoisotopic (exact) mass is 297 g/mol. The molecule has 0 bridgehead atoms. The Morgan fingerprint density at radius 1 is 1.27 bits per heavy atom. The molecule has 3 rings (SSSR count). The van der Waals surface area contributed by atoms with Crippen molar-refractivity contribution in [2.75, 3.05) is 6.54 Å². The van der Waals surface area contributed by atoms with Gasteiger partial charge in [-0.1, -0.05) is 6.07 Å². The van der Waals surface area contributed by atoms with Crippen LogP contribution in [0.2, 0.25) is 0 Å². The number of aromatic nitrogens is 3. The van der Waals surface area contributed by atoms with Crippen molar-refractivity contribution in [3.8, 4) is 11.3 Å². The molecule has 2 aromatic rings. The van der Waals surface area contributed by atoms with Crippen molar-refractivity contribution in [3.05, 3.63) is 42.6 Å². The van der Waals surface area contributed by atoms with Gasteiger partial charge in [-0.15, -0.1) is 0 Å². The molecule has 1 aliphatic heterocycles. The summed E-state index contributed by atoms with van der Waals surface area (Å²) in [5.74, 6) is -0.507. The Labute approximate surface area is 127 Å². The molecule has 3 heterocycles. The summed E-state index contributed by atoms with van der Waals surface area (Å²) >= 11 is 0. The second kappa shape index (κ2) is 6.30. The highest BCUT2D eigenvalue weighted by Crippen LogP contribution is 2.14. The lowest BCUT2D eigenvalue weighted by Gasteiger charge is -2.22. The topological polar surface area (TPSA) is 96.9 Å². The normalized spacial score (nSPS) is 17.6. The second-order valence-corrected chi connectivity index (χ2v) is 4.99. The van der Waals surface area contributed by atoms with E-state index in [-0.39, 0.29) is 17.5 Å². The van der Waals surface area contributed by atoms with E-state index in [9.17, 15) is 9.59 Å². The first-order chi connectivity index (χ1) is 10.7. The highest BCUT2D eigenvalue weighted by Gasteiger charge is 2.24. The summed E-state index contributed by atoms with van der Waals surface area (Å²) in [7, 11) is 0. The Morgan fingerprint density at radius 3 is 2.86 bits per heavy atom. The fourth-order valence-electron chi connectivity index (χ4n) is 2.30. The van der Waals surface area contributed by atoms with Gasteiger partial charge in [-0.05, 0) is 25.0 Å². The van der Waals surface area contributed by atoms with Crippen LogP contribution in [0.15, 0.2) is 36.9 Å². The zero-order chi connectivity index (χ0) is 15.4. The highest BCUT2D eigenvalue weighted by molar-refractivity contribution is 5.96. The minimum Gasteiger partial charge on any atom is -0.354 e. The van der Waals surface area contributed by atoms with Gasteiger partial charge in [0.15, 0.2) is 0 Å². The molecule has 7 heteroatoms. The maximum atomic E-state index is 12.3. The van der Waals surface area contributed by atoms with E-state index in [2.05, 4.69) is 25.6 Å². The third-order valence-corrected chi connectivity index (χ3v) is 3.43. The average molecular weight is 297 g/mol. The lowest BCUT2D eigenvalue weighted by Crippen LogP contribution is -2.50. The Balaban J connectivity index is 1.77. The van der Waals surface area contributed by atoms with E-state index >= 15 is 0 Å². The molecule has 0 aromatic carbocycles. The first-order valence-corrected chi connectivity index (χ1v) is 7.05. The number of rotatable bonds is 3. The van der Waals surface area contributed by atoms with Crippen LogP contribution in [0.25, 0.3) is 11.3 Å². The molecule has 0 unspecified atom stereocenters. The van der Waals surface area contributed by atoms with Crippen LogP contribution in [-0.4, -0.2) is 39.4 Å². The summed E-state index contributed by atoms with van der Waals surface area (Å²) in [6.07, 6.45) is 6.19. The van der Waals surface area contributed by atoms with Crippen molar-refractivity contribution in [3.63, 3.8) is 0 Å². The predicted molar refractivity (Wildman–Crippen MR) is 78.8 cm³/mol. The molecule has 7 nitrogen and oxygen atoms in total. The first-order valence-electron chi connectivity index (χ1n) is 7.05. The van der Waals surface area contributed by atoms with Crippen LogP contribution < -0.4 is 10.6 Å². The summed E-state index contributed by atoms with van der Waals surface area (Å²) in [5, 5.41) is 5.45. The number of carbonyl (C=O) groups excluding carboxylic acids is 2. The lowest BCUT2D eigenvalue weighted by atomic mass is 10.1. The number of carbonyl (C=O) groups is 2. The number of hydrogen-bond acceptors (Lipinski definition) is 5. The van der Waals surface area contributed by atoms with Gasteiger partial charge in [-0.3, -0.25) is 9.59 Å². The summed E-state index contributed by atoms with van der Waals surface area (Å²) in [4.78, 5) is 36.1. The number of amides is 2. The Bertz CT molecular complexity index is 689. The SMILES string of the molecule is O=C(N[C@@H]1CCCNC1=O)c1cccc(-c2cncnc2)n1. The molecular formula is C15H15N5O2. The van der Waals surface area contributed by atoms with Gasteiger partial charge >= 0.3 is 0 Å². The van der Waals surface area contributed by atoms with E-state index in [1.807, 2.05) is 0 Å². The van der Waals surface area contributed by atoms with E-state index in [1.54, 1.807) is 30.6 Å². The zero-order valence-electron chi connectivity index (χ0n) is 11.8. The molecule has 1 saturated heterocycles. The van der Waals surface area contributed by atoms with Crippen LogP contribution in [0.1, 0.15) is 23.3 Å². The quantitative estimate of drug-likeness (QED) is 0.862. The van der Waals surface area contributed by atoms with E-state index in [4.69, 9.17) is 0 Å². The molecule has 1 fully saturated rings. The van der Waals surface area contributed by atoms with Gasteiger partial charge in [0.05, 0.1) is 5.69 Å². The number of nitrogens with zero attached hydrogens (tertiary/aromatic N) is 3. The maximum Gasteiger partial charge on any atom is 0.270 e. The molecule has 1 aliphatic rings. The molecule has 22 heavy (non-hydrogen) atoms. The molecule has 112 valence electrons. The number of nitrogens with one attached hydrogen (secondary N) is 2. The third-order valence-electron chi connectivity index (χ3n) is 3.43. The zero-order valence-corrected chi connectivity index (χ0v) is 11.8. The van der Waals surface area contributed by atoms with Crippen molar-refractivity contribution < 1.29 is 9.59 Å². The Morgan fingerprint density at radius 2 is 2.09 bits per heavy atom. The number of hydrogen-bond donors (Lipinski definition) is 2. The minimum absolute atomic E-state index is 0.146. The largest absolute Gasteiger partial charge is 0.354 e. The van der Waals surface area contributed by atoms with E-state index in [0.717, 1.165) is 12.0 Å². The van der Waals surface area contributed by atoms with Crippen LogP contribution in [-0.2, 0) is 4.79 Å². The summed E-state index contributed by atoms with van der Waals surface area (Å²) in [6.45, 7) is 0.660. The van der Waals surface area contributed by atoms with Crippen molar-refractivity contribution in [2.45, 2.75) is 18.9 Å². The standard InChI is InChI=1S/C15H15N5O2/c21-14-12(5-2-6-18-14)20-15(22)13-4-1-3-11(19-13)10-7-16-9-17-8-10/h1,3-4,7-9,12H,2,5-6H2,(H,18,21)(H,20,22)/t12-/m1/s1. The molecule has 0 spiro atoms. The molecule has 0 aliphatic carbocycles. The molecule has 2 N–H and O–H groups in total. The van der Waals surface area contributed by atoms with Crippen molar-refractivity contribution >= 4 is 11.8 Å². The summed E-state index contributed by atoms with van der Waals surface area (Å²) in [5.41, 5.74) is 1.61.